The Bertz CT molecular complexity index is 413. The third kappa shape index (κ3) is 5.90. The number of rotatable bonds is 7. The minimum Gasteiger partial charge on any atom is -0.509 e. The van der Waals surface area contributed by atoms with Crippen LogP contribution in [0.2, 0.25) is 0 Å². The molecule has 19 heavy (non-hydrogen) atoms. The van der Waals surface area contributed by atoms with E-state index in [0.29, 0.717) is 25.1 Å². The van der Waals surface area contributed by atoms with Crippen molar-refractivity contribution in [1.82, 2.24) is 10.6 Å². The molecular weight excluding hydrogens is 244 g/mol. The highest BCUT2D eigenvalue weighted by Gasteiger charge is 2.25. The number of aliphatic hydroxyl groups is 1. The molecule has 0 bridgehead atoms. The molecule has 1 saturated heterocycles. The molecule has 0 aromatic heterocycles. The number of amides is 2. The summed E-state index contributed by atoms with van der Waals surface area (Å²) in [7, 11) is 0. The maximum absolute atomic E-state index is 11.5. The van der Waals surface area contributed by atoms with Crippen molar-refractivity contribution in [3.63, 3.8) is 0 Å². The van der Waals surface area contributed by atoms with E-state index in [1.807, 2.05) is 0 Å². The van der Waals surface area contributed by atoms with Gasteiger partial charge in [-0.15, -0.1) is 0 Å². The summed E-state index contributed by atoms with van der Waals surface area (Å²) in [6.45, 7) is 7.78. The van der Waals surface area contributed by atoms with E-state index in [-0.39, 0.29) is 23.5 Å². The number of carbonyl (C=O) groups is 2. The first-order valence-corrected chi connectivity index (χ1v) is 6.31. The van der Waals surface area contributed by atoms with Gasteiger partial charge >= 0.3 is 0 Å². The van der Waals surface area contributed by atoms with Crippen LogP contribution < -0.4 is 10.6 Å². The first-order chi connectivity index (χ1) is 8.99. The number of carbonyl (C=O) groups excluding carboxylic acids is 2. The zero-order chi connectivity index (χ0) is 14.3. The molecule has 1 atom stereocenters. The lowest BCUT2D eigenvalue weighted by molar-refractivity contribution is -0.136. The van der Waals surface area contributed by atoms with Gasteiger partial charge in [-0.05, 0) is 31.4 Å². The Morgan fingerprint density at radius 3 is 2.79 bits per heavy atom. The molecule has 0 radical (unpaired) electrons. The van der Waals surface area contributed by atoms with Crippen molar-refractivity contribution in [3.05, 3.63) is 36.8 Å². The predicted octanol–water partition coefficient (Wildman–Crippen LogP) is 1.55. The average molecular weight is 264 g/mol. The molecule has 104 valence electrons. The van der Waals surface area contributed by atoms with Crippen LogP contribution in [0.3, 0.4) is 0 Å². The number of allylic oxidation sites excluding steroid dienone is 2. The van der Waals surface area contributed by atoms with Gasteiger partial charge in [0.05, 0.1) is 0 Å². The minimum absolute atomic E-state index is 0.0218. The van der Waals surface area contributed by atoms with Gasteiger partial charge in [0.15, 0.2) is 0 Å². The smallest absolute Gasteiger partial charge is 0.229 e. The molecule has 5 nitrogen and oxygen atoms in total. The Labute approximate surface area is 113 Å². The third-order valence-corrected chi connectivity index (χ3v) is 2.91. The van der Waals surface area contributed by atoms with Crippen molar-refractivity contribution in [1.29, 1.82) is 0 Å². The maximum Gasteiger partial charge on any atom is 0.229 e. The van der Waals surface area contributed by atoms with Crippen molar-refractivity contribution in [3.8, 4) is 0 Å². The van der Waals surface area contributed by atoms with Crippen LogP contribution in [0.15, 0.2) is 36.8 Å². The summed E-state index contributed by atoms with van der Waals surface area (Å²) >= 11 is 0. The van der Waals surface area contributed by atoms with Gasteiger partial charge in [-0.1, -0.05) is 13.2 Å². The van der Waals surface area contributed by atoms with Gasteiger partial charge in [-0.25, -0.2) is 0 Å². The maximum atomic E-state index is 11.5. The summed E-state index contributed by atoms with van der Waals surface area (Å²) in [6, 6.07) is 0. The number of nitrogens with one attached hydrogen (secondary N) is 2. The van der Waals surface area contributed by atoms with Gasteiger partial charge in [0.1, 0.15) is 5.76 Å². The fourth-order valence-electron chi connectivity index (χ4n) is 1.87. The fraction of sp³-hybridized carbons (Fsp3) is 0.429. The molecule has 1 unspecified atom stereocenters. The molecule has 0 spiro atoms. The molecule has 1 heterocycles. The van der Waals surface area contributed by atoms with Crippen LogP contribution in [0.1, 0.15) is 25.7 Å². The van der Waals surface area contributed by atoms with Gasteiger partial charge in [-0.3, -0.25) is 14.9 Å². The Balaban J connectivity index is 2.17. The second-order valence-electron chi connectivity index (χ2n) is 4.57. The lowest BCUT2D eigenvalue weighted by Gasteiger charge is -2.20. The zero-order valence-corrected chi connectivity index (χ0v) is 10.9. The molecule has 1 rings (SSSR count). The lowest BCUT2D eigenvalue weighted by atomic mass is 9.93. The molecule has 0 aromatic carbocycles. The SMILES string of the molecule is C=C(O)/C=C\C(=C)NCCCC1CCC(=O)NC1=O. The molecule has 0 aromatic rings. The quantitative estimate of drug-likeness (QED) is 0.282. The average Bonchev–Trinajstić information content (AvgIpc) is 2.34. The second-order valence-corrected chi connectivity index (χ2v) is 4.57. The Hall–Kier alpha value is -2.04. The second kappa shape index (κ2) is 7.41. The van der Waals surface area contributed by atoms with E-state index in [0.717, 1.165) is 12.8 Å². The standard InChI is InChI=1S/C14H20N2O3/c1-10(5-6-11(2)17)15-9-3-4-12-7-8-13(18)16-14(12)19/h5-6,12,15,17H,1-4,7-9H2,(H,16,18,19)/b6-5-. The normalized spacial score (nSPS) is 19.3. The molecule has 1 fully saturated rings. The molecule has 2 amide bonds. The number of piperidine rings is 1. The summed E-state index contributed by atoms with van der Waals surface area (Å²) in [5.74, 6) is -0.430. The fourth-order valence-corrected chi connectivity index (χ4v) is 1.87. The summed E-state index contributed by atoms with van der Waals surface area (Å²) in [4.78, 5) is 22.5. The van der Waals surface area contributed by atoms with Crippen LogP contribution in [-0.4, -0.2) is 23.5 Å². The van der Waals surface area contributed by atoms with Crippen LogP contribution >= 0.6 is 0 Å². The molecule has 5 heteroatoms. The van der Waals surface area contributed by atoms with Gasteiger partial charge < -0.3 is 10.4 Å². The number of hydrogen-bond acceptors (Lipinski definition) is 4. The third-order valence-electron chi connectivity index (χ3n) is 2.91. The Kier molecular flexibility index (Phi) is 5.85. The van der Waals surface area contributed by atoms with Gasteiger partial charge in [0.2, 0.25) is 11.8 Å². The van der Waals surface area contributed by atoms with Crippen molar-refractivity contribution in [2.24, 2.45) is 5.92 Å². The topological polar surface area (TPSA) is 78.4 Å². The highest BCUT2D eigenvalue weighted by atomic mass is 16.3. The molecule has 1 aliphatic rings. The first-order valence-electron chi connectivity index (χ1n) is 6.31. The molecular formula is C14H20N2O3. The molecule has 3 N–H and O–H groups in total. The highest BCUT2D eigenvalue weighted by Crippen LogP contribution is 2.17. The summed E-state index contributed by atoms with van der Waals surface area (Å²) in [6.07, 6.45) is 5.71. The van der Waals surface area contributed by atoms with E-state index in [2.05, 4.69) is 23.8 Å². The van der Waals surface area contributed by atoms with E-state index < -0.39 is 0 Å². The van der Waals surface area contributed by atoms with Crippen molar-refractivity contribution >= 4 is 11.8 Å². The van der Waals surface area contributed by atoms with E-state index >= 15 is 0 Å². The molecule has 0 saturated carbocycles. The highest BCUT2D eigenvalue weighted by molar-refractivity contribution is 5.98. The Morgan fingerprint density at radius 2 is 2.16 bits per heavy atom. The molecule has 0 aliphatic carbocycles. The van der Waals surface area contributed by atoms with Crippen LogP contribution in [-0.2, 0) is 9.59 Å². The summed E-state index contributed by atoms with van der Waals surface area (Å²) in [5, 5.41) is 14.3. The van der Waals surface area contributed by atoms with E-state index in [1.54, 1.807) is 6.08 Å². The van der Waals surface area contributed by atoms with Crippen LogP contribution in [0, 0.1) is 5.92 Å². The van der Waals surface area contributed by atoms with Gasteiger partial charge in [-0.2, -0.15) is 0 Å². The van der Waals surface area contributed by atoms with Crippen LogP contribution in [0.5, 0.6) is 0 Å². The number of aliphatic hydroxyl groups excluding tert-OH is 1. The molecule has 1 aliphatic heterocycles. The Morgan fingerprint density at radius 1 is 1.42 bits per heavy atom. The monoisotopic (exact) mass is 264 g/mol. The van der Waals surface area contributed by atoms with Crippen molar-refractivity contribution in [2.45, 2.75) is 25.7 Å². The van der Waals surface area contributed by atoms with E-state index in [1.165, 1.54) is 6.08 Å². The van der Waals surface area contributed by atoms with Crippen molar-refractivity contribution in [2.75, 3.05) is 6.54 Å². The first kappa shape index (κ1) is 15.0. The van der Waals surface area contributed by atoms with Gasteiger partial charge in [0.25, 0.3) is 0 Å². The minimum atomic E-state index is -0.179. The van der Waals surface area contributed by atoms with E-state index in [9.17, 15) is 9.59 Å². The predicted molar refractivity (Wildman–Crippen MR) is 73.2 cm³/mol. The van der Waals surface area contributed by atoms with E-state index in [4.69, 9.17) is 5.11 Å². The van der Waals surface area contributed by atoms with Crippen molar-refractivity contribution < 1.29 is 14.7 Å². The number of hydrogen-bond donors (Lipinski definition) is 3. The number of imide groups is 1. The van der Waals surface area contributed by atoms with Crippen LogP contribution in [0.4, 0.5) is 0 Å². The summed E-state index contributed by atoms with van der Waals surface area (Å²) in [5.41, 5.74) is 0.679. The zero-order valence-electron chi connectivity index (χ0n) is 10.9. The largest absolute Gasteiger partial charge is 0.509 e. The lowest BCUT2D eigenvalue weighted by Crippen LogP contribution is -2.40. The van der Waals surface area contributed by atoms with Crippen LogP contribution in [0.25, 0.3) is 0 Å². The van der Waals surface area contributed by atoms with Gasteiger partial charge in [0, 0.05) is 24.6 Å². The summed E-state index contributed by atoms with van der Waals surface area (Å²) < 4.78 is 0.